The molecule has 0 aromatic heterocycles. The predicted octanol–water partition coefficient (Wildman–Crippen LogP) is 4.51. The first-order valence-electron chi connectivity index (χ1n) is 10.9. The number of quaternary nitrogens is 1. The Morgan fingerprint density at radius 3 is 1.36 bits per heavy atom. The molecule has 25 heavy (non-hydrogen) atoms. The molecule has 0 amide bonds. The van der Waals surface area contributed by atoms with Gasteiger partial charge in [0.05, 0.1) is 27.2 Å². The first-order valence-corrected chi connectivity index (χ1v) is 10.9. The third-order valence-electron chi connectivity index (χ3n) is 5.11. The lowest BCUT2D eigenvalue weighted by Gasteiger charge is -2.28. The average Bonchev–Trinajstić information content (AvgIpc) is 2.53. The normalized spacial score (nSPS) is 11.2. The highest BCUT2D eigenvalue weighted by molar-refractivity contribution is 4.92. The first kappa shape index (κ1) is 27.2. The maximum absolute atomic E-state index is 2.38. The molecule has 2 heteroatoms. The van der Waals surface area contributed by atoms with Gasteiger partial charge >= 0.3 is 0 Å². The maximum atomic E-state index is 2.38. The van der Waals surface area contributed by atoms with E-state index in [4.69, 9.17) is 0 Å². The number of unbranched alkanes of at least 4 members (excludes halogenated alkanes) is 13. The predicted molar refractivity (Wildman–Crippen MR) is 112 cm³/mol. The first-order chi connectivity index (χ1) is 11.5. The average molecular weight is 374 g/mol. The summed E-state index contributed by atoms with van der Waals surface area (Å²) in [6, 6.07) is 0. The molecule has 0 saturated heterocycles. The molecule has 0 heterocycles. The largest absolute Gasteiger partial charge is 1.00 e. The van der Waals surface area contributed by atoms with E-state index in [9.17, 15) is 0 Å². The van der Waals surface area contributed by atoms with Gasteiger partial charge in [-0.3, -0.25) is 0 Å². The number of hydrogen-bond acceptors (Lipinski definition) is 0. The quantitative estimate of drug-likeness (QED) is 0.200. The Morgan fingerprint density at radius 1 is 0.640 bits per heavy atom. The summed E-state index contributed by atoms with van der Waals surface area (Å²) in [4.78, 5) is 0. The summed E-state index contributed by atoms with van der Waals surface area (Å²) < 4.78 is 1.14. The van der Waals surface area contributed by atoms with Crippen molar-refractivity contribution < 1.29 is 16.9 Å². The third kappa shape index (κ3) is 21.9. The lowest BCUT2D eigenvalue weighted by atomic mass is 10.0. The second-order valence-electron chi connectivity index (χ2n) is 8.72. The number of halogens is 1. The van der Waals surface area contributed by atoms with Crippen LogP contribution in [0.5, 0.6) is 0 Å². The van der Waals surface area contributed by atoms with E-state index in [0.29, 0.717) is 0 Å². The fraction of sp³-hybridized carbons (Fsp3) is 0.913. The smallest absolute Gasteiger partial charge is 0.0972 e. The number of hydrogen-bond donors (Lipinski definition) is 0. The van der Waals surface area contributed by atoms with Crippen LogP contribution < -0.4 is 12.4 Å². The molecular weight excluding hydrogens is 326 g/mol. The molecule has 0 aromatic rings. The Bertz CT molecular complexity index is 292. The zero-order valence-corrected chi connectivity index (χ0v) is 19.0. The van der Waals surface area contributed by atoms with Gasteiger partial charge in [-0.2, -0.15) is 0 Å². The molecule has 0 atom stereocenters. The monoisotopic (exact) mass is 373 g/mol. The van der Waals surface area contributed by atoms with Crippen molar-refractivity contribution in [1.82, 2.24) is 0 Å². The molecule has 0 aromatic carbocycles. The van der Waals surface area contributed by atoms with Crippen LogP contribution in [-0.2, 0) is 0 Å². The zero-order chi connectivity index (χ0) is 18.1. The number of nitrogens with zero attached hydrogens (tertiary/aromatic N) is 1. The van der Waals surface area contributed by atoms with Crippen LogP contribution >= 0.6 is 0 Å². The van der Waals surface area contributed by atoms with Crippen LogP contribution in [0.2, 0.25) is 0 Å². The van der Waals surface area contributed by atoms with Crippen LogP contribution in [0.4, 0.5) is 0 Å². The molecule has 0 aliphatic carbocycles. The Kier molecular flexibility index (Phi) is 20.4. The van der Waals surface area contributed by atoms with E-state index in [1.165, 1.54) is 109 Å². The minimum absolute atomic E-state index is 0. The van der Waals surface area contributed by atoms with E-state index in [1.807, 2.05) is 0 Å². The number of likely N-dealkylation sites (N-methyl/N-ethyl adjacent to an activating group) is 1. The molecule has 0 aliphatic rings. The molecule has 0 saturated carbocycles. The Morgan fingerprint density at radius 2 is 1.00 bits per heavy atom. The van der Waals surface area contributed by atoms with Crippen molar-refractivity contribution in [3.05, 3.63) is 11.6 Å². The summed E-state index contributed by atoms with van der Waals surface area (Å²) in [5.74, 6) is 0. The SMILES string of the molecule is CCCCCCCCCCCCCCCC[N+](C)(C)CC=C(C)C.[Cl-]. The van der Waals surface area contributed by atoms with Crippen LogP contribution in [0, 0.1) is 0 Å². The molecule has 0 unspecified atom stereocenters. The standard InChI is InChI=1S/C23H48N.ClH/c1-6-7-8-9-10-11-12-13-14-15-16-17-18-19-21-24(4,5)22-20-23(2)3;/h20H,6-19,21-22H2,1-5H3;1H/q+1;/p-1. The van der Waals surface area contributed by atoms with Crippen molar-refractivity contribution in [2.45, 2.75) is 111 Å². The molecule has 0 fully saturated rings. The van der Waals surface area contributed by atoms with E-state index in [1.54, 1.807) is 0 Å². The Labute approximate surface area is 166 Å². The van der Waals surface area contributed by atoms with Gasteiger partial charge in [-0.1, -0.05) is 89.5 Å². The van der Waals surface area contributed by atoms with Gasteiger partial charge in [-0.15, -0.1) is 0 Å². The summed E-state index contributed by atoms with van der Waals surface area (Å²) >= 11 is 0. The van der Waals surface area contributed by atoms with Crippen molar-refractivity contribution in [2.24, 2.45) is 0 Å². The second kappa shape index (κ2) is 18.8. The lowest BCUT2D eigenvalue weighted by molar-refractivity contribution is -0.884. The summed E-state index contributed by atoms with van der Waals surface area (Å²) in [6.07, 6.45) is 22.7. The Hall–Kier alpha value is -0.0100. The molecule has 0 aliphatic heterocycles. The summed E-state index contributed by atoms with van der Waals surface area (Å²) in [5.41, 5.74) is 1.45. The van der Waals surface area contributed by atoms with Crippen LogP contribution in [-0.4, -0.2) is 31.7 Å². The number of allylic oxidation sites excluding steroid dienone is 1. The van der Waals surface area contributed by atoms with Crippen molar-refractivity contribution >= 4 is 0 Å². The fourth-order valence-corrected chi connectivity index (χ4v) is 3.26. The highest BCUT2D eigenvalue weighted by atomic mass is 35.5. The molecule has 1 nitrogen and oxygen atoms in total. The third-order valence-corrected chi connectivity index (χ3v) is 5.11. The highest BCUT2D eigenvalue weighted by Crippen LogP contribution is 2.13. The van der Waals surface area contributed by atoms with Gasteiger partial charge in [0, 0.05) is 0 Å². The molecule has 0 spiro atoms. The van der Waals surface area contributed by atoms with Crippen LogP contribution in [0.15, 0.2) is 11.6 Å². The Balaban J connectivity index is 0. The minimum Gasteiger partial charge on any atom is -1.00 e. The summed E-state index contributed by atoms with van der Waals surface area (Å²) in [7, 11) is 4.73. The molecule has 0 rings (SSSR count). The van der Waals surface area contributed by atoms with Crippen molar-refractivity contribution in [2.75, 3.05) is 27.2 Å². The van der Waals surface area contributed by atoms with E-state index in [2.05, 4.69) is 40.9 Å². The number of rotatable bonds is 17. The van der Waals surface area contributed by atoms with Crippen molar-refractivity contribution in [3.63, 3.8) is 0 Å². The van der Waals surface area contributed by atoms with Gasteiger partial charge in [0.25, 0.3) is 0 Å². The molecule has 0 N–H and O–H groups in total. The fourth-order valence-electron chi connectivity index (χ4n) is 3.26. The van der Waals surface area contributed by atoms with Crippen LogP contribution in [0.3, 0.4) is 0 Å². The zero-order valence-electron chi connectivity index (χ0n) is 18.2. The molecule has 0 radical (unpaired) electrons. The maximum Gasteiger partial charge on any atom is 0.0972 e. The van der Waals surface area contributed by atoms with Gasteiger partial charge in [0.1, 0.15) is 0 Å². The molecule has 152 valence electrons. The summed E-state index contributed by atoms with van der Waals surface area (Å²) in [6.45, 7) is 9.20. The summed E-state index contributed by atoms with van der Waals surface area (Å²) in [5, 5.41) is 0. The van der Waals surface area contributed by atoms with E-state index in [0.717, 1.165) is 4.48 Å². The van der Waals surface area contributed by atoms with Gasteiger partial charge < -0.3 is 16.9 Å². The van der Waals surface area contributed by atoms with Crippen molar-refractivity contribution in [1.29, 1.82) is 0 Å². The van der Waals surface area contributed by atoms with Gasteiger partial charge in [-0.05, 0) is 32.8 Å². The van der Waals surface area contributed by atoms with Crippen LogP contribution in [0.25, 0.3) is 0 Å². The second-order valence-corrected chi connectivity index (χ2v) is 8.72. The van der Waals surface area contributed by atoms with Crippen LogP contribution in [0.1, 0.15) is 111 Å². The topological polar surface area (TPSA) is 0 Å². The molecule has 0 bridgehead atoms. The van der Waals surface area contributed by atoms with E-state index >= 15 is 0 Å². The van der Waals surface area contributed by atoms with Gasteiger partial charge in [-0.25, -0.2) is 0 Å². The minimum atomic E-state index is 0. The van der Waals surface area contributed by atoms with Crippen molar-refractivity contribution in [3.8, 4) is 0 Å². The lowest BCUT2D eigenvalue weighted by Crippen LogP contribution is -3.00. The van der Waals surface area contributed by atoms with Gasteiger partial charge in [0.15, 0.2) is 0 Å². The molecular formula is C23H48ClN. The van der Waals surface area contributed by atoms with E-state index in [-0.39, 0.29) is 12.4 Å². The highest BCUT2D eigenvalue weighted by Gasteiger charge is 2.11. The van der Waals surface area contributed by atoms with Gasteiger partial charge in [0.2, 0.25) is 0 Å². The van der Waals surface area contributed by atoms with E-state index < -0.39 is 0 Å².